The summed E-state index contributed by atoms with van der Waals surface area (Å²) in [6, 6.07) is 20.7. The Bertz CT molecular complexity index is 1360. The molecule has 1 heterocycles. The van der Waals surface area contributed by atoms with Crippen LogP contribution in [0.25, 0.3) is 0 Å². The number of benzene rings is 3. The number of carbonyl (C=O) groups is 1. The predicted octanol–water partition coefficient (Wildman–Crippen LogP) is 5.89. The summed E-state index contributed by atoms with van der Waals surface area (Å²) < 4.78 is 24.5. The number of rotatable bonds is 8. The monoisotopic (exact) mass is 539 g/mol. The van der Waals surface area contributed by atoms with E-state index in [1.807, 2.05) is 55.5 Å². The number of Topliss-reactive ketones (excluding diaryl/α,β-unsaturated/α-hetero) is 1. The highest BCUT2D eigenvalue weighted by Crippen LogP contribution is 2.35. The third-order valence-corrected chi connectivity index (χ3v) is 9.74. The highest BCUT2D eigenvalue weighted by atomic mass is 35.5. The molecule has 3 aromatic carbocycles. The topological polar surface area (TPSA) is 74.7 Å². The molecule has 0 saturated carbocycles. The first kappa shape index (κ1) is 27.4. The largest absolute Gasteiger partial charge is 0.385 e. The first-order valence-electron chi connectivity index (χ1n) is 12.6. The number of hydrogen-bond acceptors (Lipinski definition) is 5. The summed E-state index contributed by atoms with van der Waals surface area (Å²) >= 11 is 5.99. The minimum absolute atomic E-state index is 0.00881. The number of anilines is 1. The second-order valence-corrected chi connectivity index (χ2v) is 13.3. The lowest BCUT2D eigenvalue weighted by Gasteiger charge is -2.39. The molecule has 196 valence electrons. The van der Waals surface area contributed by atoms with Crippen molar-refractivity contribution >= 4 is 32.9 Å². The lowest BCUT2D eigenvalue weighted by molar-refractivity contribution is 0.0118. The summed E-state index contributed by atoms with van der Waals surface area (Å²) in [7, 11) is -3.19. The fourth-order valence-electron chi connectivity index (χ4n) is 4.82. The van der Waals surface area contributed by atoms with E-state index < -0.39 is 20.7 Å². The first-order valence-corrected chi connectivity index (χ1v) is 14.7. The van der Waals surface area contributed by atoms with Crippen molar-refractivity contribution in [2.75, 3.05) is 18.0 Å². The van der Waals surface area contributed by atoms with E-state index in [-0.39, 0.29) is 18.0 Å². The second kappa shape index (κ2) is 11.0. The molecule has 1 aliphatic heterocycles. The van der Waals surface area contributed by atoms with Crippen molar-refractivity contribution in [2.45, 2.75) is 56.6 Å². The van der Waals surface area contributed by atoms with Gasteiger partial charge in [0.2, 0.25) is 0 Å². The van der Waals surface area contributed by atoms with Crippen LogP contribution >= 0.6 is 11.6 Å². The SMILES string of the molecule is Cc1cc(CS(=O)(=O)C(C)C)ccc1C(=O)Cc1ccc(N2CCC(O)(c3ccc(Cl)cc3)CC2)cc1. The Labute approximate surface area is 225 Å². The van der Waals surface area contributed by atoms with Gasteiger partial charge >= 0.3 is 0 Å². The molecule has 1 saturated heterocycles. The van der Waals surface area contributed by atoms with Gasteiger partial charge in [-0.3, -0.25) is 4.79 Å². The van der Waals surface area contributed by atoms with Crippen LogP contribution in [0.1, 0.15) is 59.3 Å². The molecule has 0 spiro atoms. The standard InChI is InChI=1S/C30H34ClNO4S/c1-21(2)37(35,36)20-24-6-13-28(22(3)18-24)29(33)19-23-4-11-27(12-5-23)32-16-14-30(34,15-17-32)25-7-9-26(31)10-8-25/h4-13,18,21,34H,14-17,19-20H2,1-3H3. The maximum Gasteiger partial charge on any atom is 0.167 e. The summed E-state index contributed by atoms with van der Waals surface area (Å²) in [5.74, 6) is -0.01000. The molecule has 0 unspecified atom stereocenters. The molecule has 0 aliphatic carbocycles. The number of aryl methyl sites for hydroxylation is 1. The van der Waals surface area contributed by atoms with Gasteiger partial charge in [-0.05, 0) is 80.1 Å². The molecule has 1 N–H and O–H groups in total. The Morgan fingerprint density at radius 3 is 2.14 bits per heavy atom. The molecule has 1 aliphatic rings. The fraction of sp³-hybridized carbons (Fsp3) is 0.367. The van der Waals surface area contributed by atoms with Gasteiger partial charge in [0.25, 0.3) is 0 Å². The maximum absolute atomic E-state index is 13.0. The van der Waals surface area contributed by atoms with Crippen LogP contribution in [0.15, 0.2) is 66.7 Å². The minimum Gasteiger partial charge on any atom is -0.385 e. The molecule has 0 atom stereocenters. The summed E-state index contributed by atoms with van der Waals surface area (Å²) in [6.07, 6.45) is 1.53. The predicted molar refractivity (Wildman–Crippen MR) is 150 cm³/mol. The van der Waals surface area contributed by atoms with Crippen molar-refractivity contribution in [1.29, 1.82) is 0 Å². The lowest BCUT2D eigenvalue weighted by Crippen LogP contribution is -2.42. The quantitative estimate of drug-likeness (QED) is 0.361. The van der Waals surface area contributed by atoms with Crippen LogP contribution in [0, 0.1) is 6.92 Å². The molecular formula is C30H34ClNO4S. The normalized spacial score (nSPS) is 15.7. The van der Waals surface area contributed by atoms with E-state index in [4.69, 9.17) is 11.6 Å². The highest BCUT2D eigenvalue weighted by Gasteiger charge is 2.34. The number of aliphatic hydroxyl groups is 1. The average molecular weight is 540 g/mol. The van der Waals surface area contributed by atoms with Gasteiger partial charge in [0.15, 0.2) is 15.6 Å². The summed E-state index contributed by atoms with van der Waals surface area (Å²) in [4.78, 5) is 15.2. The van der Waals surface area contributed by atoms with Gasteiger partial charge in [-0.25, -0.2) is 8.42 Å². The number of carbonyl (C=O) groups excluding carboxylic acids is 1. The zero-order chi connectivity index (χ0) is 26.8. The van der Waals surface area contributed by atoms with Crippen LogP contribution in [-0.4, -0.2) is 37.6 Å². The van der Waals surface area contributed by atoms with E-state index >= 15 is 0 Å². The van der Waals surface area contributed by atoms with E-state index in [1.54, 1.807) is 32.0 Å². The Kier molecular flexibility index (Phi) is 8.12. The molecule has 0 aromatic heterocycles. The van der Waals surface area contributed by atoms with Gasteiger partial charge in [0.1, 0.15) is 0 Å². The zero-order valence-corrected chi connectivity index (χ0v) is 23.1. The molecular weight excluding hydrogens is 506 g/mol. The molecule has 0 bridgehead atoms. The Morgan fingerprint density at radius 2 is 1.57 bits per heavy atom. The van der Waals surface area contributed by atoms with Gasteiger partial charge in [0.05, 0.1) is 16.6 Å². The molecule has 4 rings (SSSR count). The van der Waals surface area contributed by atoms with Gasteiger partial charge in [-0.1, -0.05) is 54.1 Å². The molecule has 3 aromatic rings. The molecule has 0 amide bonds. The molecule has 37 heavy (non-hydrogen) atoms. The molecule has 5 nitrogen and oxygen atoms in total. The number of piperidine rings is 1. The number of nitrogens with zero attached hydrogens (tertiary/aromatic N) is 1. The smallest absolute Gasteiger partial charge is 0.167 e. The summed E-state index contributed by atoms with van der Waals surface area (Å²) in [6.45, 7) is 6.67. The first-order chi connectivity index (χ1) is 17.5. The van der Waals surface area contributed by atoms with E-state index in [0.717, 1.165) is 35.5 Å². The second-order valence-electron chi connectivity index (χ2n) is 10.3. The van der Waals surface area contributed by atoms with Gasteiger partial charge in [-0.2, -0.15) is 0 Å². The fourth-order valence-corrected chi connectivity index (χ4v) is 5.92. The number of sulfone groups is 1. The molecule has 7 heteroatoms. The molecule has 0 radical (unpaired) electrons. The third-order valence-electron chi connectivity index (χ3n) is 7.32. The zero-order valence-electron chi connectivity index (χ0n) is 21.6. The Morgan fingerprint density at radius 1 is 0.973 bits per heavy atom. The van der Waals surface area contributed by atoms with E-state index in [1.165, 1.54) is 0 Å². The van der Waals surface area contributed by atoms with Crippen LogP contribution in [0.5, 0.6) is 0 Å². The minimum atomic E-state index is -3.19. The van der Waals surface area contributed by atoms with Crippen molar-refractivity contribution in [3.63, 3.8) is 0 Å². The van der Waals surface area contributed by atoms with E-state index in [9.17, 15) is 18.3 Å². The van der Waals surface area contributed by atoms with Crippen molar-refractivity contribution in [3.05, 3.63) is 99.6 Å². The van der Waals surface area contributed by atoms with E-state index in [0.29, 0.717) is 29.0 Å². The average Bonchev–Trinajstić information content (AvgIpc) is 2.85. The third kappa shape index (κ3) is 6.43. The number of halogens is 1. The van der Waals surface area contributed by atoms with Crippen LogP contribution < -0.4 is 4.90 Å². The van der Waals surface area contributed by atoms with Gasteiger partial charge < -0.3 is 10.0 Å². The van der Waals surface area contributed by atoms with Crippen molar-refractivity contribution in [2.24, 2.45) is 0 Å². The number of hydrogen-bond donors (Lipinski definition) is 1. The highest BCUT2D eigenvalue weighted by molar-refractivity contribution is 7.91. The van der Waals surface area contributed by atoms with Gasteiger partial charge in [-0.15, -0.1) is 0 Å². The Hall–Kier alpha value is -2.67. The lowest BCUT2D eigenvalue weighted by atomic mass is 9.84. The Balaban J connectivity index is 1.37. The van der Waals surface area contributed by atoms with E-state index in [2.05, 4.69) is 4.90 Å². The van der Waals surface area contributed by atoms with Crippen LogP contribution in [-0.2, 0) is 27.6 Å². The summed E-state index contributed by atoms with van der Waals surface area (Å²) in [5, 5.41) is 11.4. The van der Waals surface area contributed by atoms with Crippen LogP contribution in [0.3, 0.4) is 0 Å². The van der Waals surface area contributed by atoms with Crippen molar-refractivity contribution in [3.8, 4) is 0 Å². The van der Waals surface area contributed by atoms with Crippen LogP contribution in [0.4, 0.5) is 5.69 Å². The van der Waals surface area contributed by atoms with Gasteiger partial charge in [0, 0.05) is 35.8 Å². The molecule has 1 fully saturated rings. The van der Waals surface area contributed by atoms with Crippen LogP contribution in [0.2, 0.25) is 5.02 Å². The van der Waals surface area contributed by atoms with Crippen molar-refractivity contribution < 1.29 is 18.3 Å². The van der Waals surface area contributed by atoms with Crippen molar-refractivity contribution in [1.82, 2.24) is 0 Å². The maximum atomic E-state index is 13.0. The summed E-state index contributed by atoms with van der Waals surface area (Å²) in [5.41, 5.74) is 4.16. The number of ketones is 1.